The fourth-order valence-electron chi connectivity index (χ4n) is 2.46. The molecule has 1 aliphatic heterocycles. The first kappa shape index (κ1) is 10.7. The average molecular weight is 207 g/mol. The van der Waals surface area contributed by atoms with Crippen molar-refractivity contribution in [3.05, 3.63) is 23.4 Å². The number of hydrogen-bond acceptors (Lipinski definition) is 2. The lowest BCUT2D eigenvalue weighted by atomic mass is 9.81. The molecule has 0 aromatic carbocycles. The van der Waals surface area contributed by atoms with Crippen LogP contribution in [0, 0.1) is 5.41 Å². The van der Waals surface area contributed by atoms with Crippen molar-refractivity contribution < 1.29 is 4.74 Å². The molecular formula is C13H21NO. The molecule has 1 heterocycles. The van der Waals surface area contributed by atoms with Crippen LogP contribution in [-0.4, -0.2) is 31.2 Å². The molecule has 0 aromatic heterocycles. The minimum atomic E-state index is 0.333. The Labute approximate surface area is 92.6 Å². The highest BCUT2D eigenvalue weighted by atomic mass is 16.5. The van der Waals surface area contributed by atoms with E-state index in [2.05, 4.69) is 37.8 Å². The van der Waals surface area contributed by atoms with Gasteiger partial charge in [0.05, 0.1) is 13.2 Å². The molecule has 0 aromatic rings. The summed E-state index contributed by atoms with van der Waals surface area (Å²) in [6, 6.07) is 0. The molecule has 0 spiro atoms. The van der Waals surface area contributed by atoms with E-state index in [1.807, 2.05) is 0 Å². The lowest BCUT2D eigenvalue weighted by Crippen LogP contribution is -2.36. The predicted octanol–water partition coefficient (Wildman–Crippen LogP) is 2.58. The minimum absolute atomic E-state index is 0.333. The number of ether oxygens (including phenoxy) is 1. The molecule has 1 saturated heterocycles. The van der Waals surface area contributed by atoms with E-state index in [1.165, 1.54) is 17.7 Å². The largest absolute Gasteiger partial charge is 0.378 e. The molecule has 15 heavy (non-hydrogen) atoms. The van der Waals surface area contributed by atoms with Gasteiger partial charge in [-0.15, -0.1) is 0 Å². The van der Waals surface area contributed by atoms with Crippen molar-refractivity contribution in [1.82, 2.24) is 4.90 Å². The third-order valence-corrected chi connectivity index (χ3v) is 3.20. The van der Waals surface area contributed by atoms with Crippen LogP contribution in [0.3, 0.4) is 0 Å². The second-order valence-electron chi connectivity index (χ2n) is 5.26. The van der Waals surface area contributed by atoms with E-state index in [0.29, 0.717) is 5.41 Å². The van der Waals surface area contributed by atoms with Crippen molar-refractivity contribution in [2.24, 2.45) is 5.41 Å². The summed E-state index contributed by atoms with van der Waals surface area (Å²) in [7, 11) is 0. The molecule has 0 atom stereocenters. The lowest BCUT2D eigenvalue weighted by molar-refractivity contribution is 0.0544. The molecule has 2 heteroatoms. The Morgan fingerprint density at radius 3 is 2.53 bits per heavy atom. The molecule has 0 saturated carbocycles. The molecule has 1 fully saturated rings. The molecule has 84 valence electrons. The van der Waals surface area contributed by atoms with Gasteiger partial charge in [0.1, 0.15) is 0 Å². The van der Waals surface area contributed by atoms with E-state index in [9.17, 15) is 0 Å². The number of allylic oxidation sites excluding steroid dienone is 3. The second-order valence-corrected chi connectivity index (χ2v) is 5.26. The maximum absolute atomic E-state index is 5.38. The smallest absolute Gasteiger partial charge is 0.0642 e. The highest BCUT2D eigenvalue weighted by Gasteiger charge is 2.23. The summed E-state index contributed by atoms with van der Waals surface area (Å²) in [6.07, 6.45) is 5.81. The maximum Gasteiger partial charge on any atom is 0.0642 e. The molecule has 0 unspecified atom stereocenters. The van der Waals surface area contributed by atoms with E-state index < -0.39 is 0 Å². The first-order valence-electron chi connectivity index (χ1n) is 5.80. The van der Waals surface area contributed by atoms with E-state index in [-0.39, 0.29) is 0 Å². The van der Waals surface area contributed by atoms with Crippen molar-refractivity contribution in [3.63, 3.8) is 0 Å². The fourth-order valence-corrected chi connectivity index (χ4v) is 2.46. The van der Waals surface area contributed by atoms with Crippen LogP contribution in [0.4, 0.5) is 0 Å². The fraction of sp³-hybridized carbons (Fsp3) is 0.692. The number of hydrogen-bond donors (Lipinski definition) is 0. The summed E-state index contributed by atoms with van der Waals surface area (Å²) >= 11 is 0. The van der Waals surface area contributed by atoms with Gasteiger partial charge in [-0.05, 0) is 30.4 Å². The van der Waals surface area contributed by atoms with Gasteiger partial charge in [0, 0.05) is 18.8 Å². The summed E-state index contributed by atoms with van der Waals surface area (Å²) in [4.78, 5) is 2.45. The third-order valence-electron chi connectivity index (χ3n) is 3.20. The van der Waals surface area contributed by atoms with Gasteiger partial charge in [-0.1, -0.05) is 19.9 Å². The summed E-state index contributed by atoms with van der Waals surface area (Å²) in [6.45, 7) is 10.7. The van der Waals surface area contributed by atoms with E-state index in [1.54, 1.807) is 0 Å². The third kappa shape index (κ3) is 2.43. The molecule has 0 radical (unpaired) electrons. The standard InChI is InChI=1S/C13H21NO/c1-11-10-13(2,3)5-4-12(11)14-6-8-15-9-7-14/h4-5H,6-10H2,1-3H3. The minimum Gasteiger partial charge on any atom is -0.378 e. The van der Waals surface area contributed by atoms with Gasteiger partial charge in [-0.2, -0.15) is 0 Å². The van der Waals surface area contributed by atoms with Crippen molar-refractivity contribution >= 4 is 0 Å². The SMILES string of the molecule is CC1=C(N2CCOCC2)C=CC(C)(C)C1. The van der Waals surface area contributed by atoms with Crippen molar-refractivity contribution in [2.45, 2.75) is 27.2 Å². The van der Waals surface area contributed by atoms with Crippen molar-refractivity contribution in [2.75, 3.05) is 26.3 Å². The molecule has 0 bridgehead atoms. The second kappa shape index (κ2) is 4.01. The molecular weight excluding hydrogens is 186 g/mol. The lowest BCUT2D eigenvalue weighted by Gasteiger charge is -2.35. The van der Waals surface area contributed by atoms with E-state index in [0.717, 1.165) is 26.3 Å². The van der Waals surface area contributed by atoms with Crippen LogP contribution >= 0.6 is 0 Å². The van der Waals surface area contributed by atoms with Gasteiger partial charge >= 0.3 is 0 Å². The highest BCUT2D eigenvalue weighted by Crippen LogP contribution is 2.34. The Kier molecular flexibility index (Phi) is 2.87. The van der Waals surface area contributed by atoms with E-state index in [4.69, 9.17) is 4.74 Å². The molecule has 2 rings (SSSR count). The molecule has 0 N–H and O–H groups in total. The predicted molar refractivity (Wildman–Crippen MR) is 62.6 cm³/mol. The quantitative estimate of drug-likeness (QED) is 0.655. The summed E-state index contributed by atoms with van der Waals surface area (Å²) < 4.78 is 5.38. The Balaban J connectivity index is 2.12. The zero-order valence-electron chi connectivity index (χ0n) is 10.0. The molecule has 2 aliphatic rings. The van der Waals surface area contributed by atoms with Crippen LogP contribution in [0.5, 0.6) is 0 Å². The molecule has 1 aliphatic carbocycles. The van der Waals surface area contributed by atoms with Crippen LogP contribution in [0.2, 0.25) is 0 Å². The first-order valence-corrected chi connectivity index (χ1v) is 5.80. The van der Waals surface area contributed by atoms with Crippen LogP contribution in [0.15, 0.2) is 23.4 Å². The Morgan fingerprint density at radius 2 is 1.93 bits per heavy atom. The van der Waals surface area contributed by atoms with Gasteiger partial charge in [-0.25, -0.2) is 0 Å². The Bertz CT molecular complexity index is 296. The Morgan fingerprint density at radius 1 is 1.27 bits per heavy atom. The zero-order chi connectivity index (χ0) is 10.9. The van der Waals surface area contributed by atoms with E-state index >= 15 is 0 Å². The number of morpholine rings is 1. The van der Waals surface area contributed by atoms with Gasteiger partial charge in [-0.3, -0.25) is 0 Å². The topological polar surface area (TPSA) is 12.5 Å². The number of nitrogens with zero attached hydrogens (tertiary/aromatic N) is 1. The summed E-state index contributed by atoms with van der Waals surface area (Å²) in [5.74, 6) is 0. The summed E-state index contributed by atoms with van der Waals surface area (Å²) in [5.41, 5.74) is 3.28. The van der Waals surface area contributed by atoms with Crippen LogP contribution in [-0.2, 0) is 4.74 Å². The maximum atomic E-state index is 5.38. The van der Waals surface area contributed by atoms with Gasteiger partial charge in [0.25, 0.3) is 0 Å². The van der Waals surface area contributed by atoms with Gasteiger partial charge < -0.3 is 9.64 Å². The monoisotopic (exact) mass is 207 g/mol. The normalized spacial score (nSPS) is 25.9. The zero-order valence-corrected chi connectivity index (χ0v) is 10.0. The van der Waals surface area contributed by atoms with Gasteiger partial charge in [0.15, 0.2) is 0 Å². The van der Waals surface area contributed by atoms with Crippen LogP contribution in [0.1, 0.15) is 27.2 Å². The highest BCUT2D eigenvalue weighted by molar-refractivity contribution is 5.30. The van der Waals surface area contributed by atoms with Gasteiger partial charge in [0.2, 0.25) is 0 Å². The molecule has 0 amide bonds. The van der Waals surface area contributed by atoms with Crippen molar-refractivity contribution in [1.29, 1.82) is 0 Å². The summed E-state index contributed by atoms with van der Waals surface area (Å²) in [5, 5.41) is 0. The van der Waals surface area contributed by atoms with Crippen LogP contribution in [0.25, 0.3) is 0 Å². The van der Waals surface area contributed by atoms with Crippen LogP contribution < -0.4 is 0 Å². The van der Waals surface area contributed by atoms with Crippen molar-refractivity contribution in [3.8, 4) is 0 Å². The molecule has 2 nitrogen and oxygen atoms in total. The number of rotatable bonds is 1. The Hall–Kier alpha value is -0.760. The average Bonchev–Trinajstić information content (AvgIpc) is 2.17. The first-order chi connectivity index (χ1) is 7.08.